The Morgan fingerprint density at radius 1 is 0.943 bits per heavy atom. The van der Waals surface area contributed by atoms with Gasteiger partial charge in [-0.15, -0.1) is 0 Å². The van der Waals surface area contributed by atoms with E-state index in [4.69, 9.17) is 5.26 Å². The van der Waals surface area contributed by atoms with Crippen LogP contribution < -0.4 is 10.6 Å². The molecule has 35 heavy (non-hydrogen) atoms. The van der Waals surface area contributed by atoms with E-state index in [9.17, 15) is 0 Å². The smallest absolute Gasteiger partial charge is 0.229 e. The van der Waals surface area contributed by atoms with Gasteiger partial charge in [-0.2, -0.15) is 10.2 Å². The van der Waals surface area contributed by atoms with Crippen LogP contribution in [0.15, 0.2) is 54.7 Å². The predicted octanol–water partition coefficient (Wildman–Crippen LogP) is 8.02. The van der Waals surface area contributed by atoms with Crippen LogP contribution in [0.5, 0.6) is 0 Å². The lowest BCUT2D eigenvalue weighted by Crippen LogP contribution is -2.06. The Morgan fingerprint density at radius 3 is 2.43 bits per heavy atom. The van der Waals surface area contributed by atoms with Crippen molar-refractivity contribution in [3.63, 3.8) is 0 Å². The number of aromatic nitrogens is 2. The van der Waals surface area contributed by atoms with E-state index < -0.39 is 0 Å². The minimum Gasteiger partial charge on any atom is -0.340 e. The first kappa shape index (κ1) is 24.7. The maximum atomic E-state index is 15.2. The summed E-state index contributed by atoms with van der Waals surface area (Å²) in [7, 11) is 0. The fourth-order valence-corrected chi connectivity index (χ4v) is 4.92. The summed E-state index contributed by atoms with van der Waals surface area (Å²) in [4.78, 5) is 8.79. The first-order valence-electron chi connectivity index (χ1n) is 12.7. The molecule has 182 valence electrons. The Bertz CT molecular complexity index is 1140. The molecule has 0 bridgehead atoms. The van der Waals surface area contributed by atoms with E-state index in [1.165, 1.54) is 38.5 Å². The number of hydrogen-bond donors (Lipinski definition) is 2. The molecule has 1 heterocycles. The first-order chi connectivity index (χ1) is 17.1. The fraction of sp³-hybridized carbons (Fsp3) is 0.414. The SMILES string of the molecule is CC1CCCCC(c2ccc(Nc3nccc(Nc4cccc(CC#N)c4)n3)cc2F)CCCC1. The molecule has 0 unspecified atom stereocenters. The second-order valence-electron chi connectivity index (χ2n) is 9.66. The number of nitriles is 1. The van der Waals surface area contributed by atoms with Crippen molar-refractivity contribution in [3.8, 4) is 6.07 Å². The molecule has 2 N–H and O–H groups in total. The van der Waals surface area contributed by atoms with E-state index in [0.29, 0.717) is 23.9 Å². The van der Waals surface area contributed by atoms with Crippen LogP contribution in [0.3, 0.4) is 0 Å². The van der Waals surface area contributed by atoms with Crippen molar-refractivity contribution in [2.24, 2.45) is 5.92 Å². The lowest BCUT2D eigenvalue weighted by Gasteiger charge is -2.21. The Hall–Kier alpha value is -3.46. The van der Waals surface area contributed by atoms with Gasteiger partial charge in [-0.1, -0.05) is 63.6 Å². The number of nitrogens with one attached hydrogen (secondary N) is 2. The average Bonchev–Trinajstić information content (AvgIpc) is 2.84. The molecule has 1 aliphatic rings. The normalized spacial score (nSPS) is 18.9. The molecule has 1 fully saturated rings. The molecule has 1 saturated carbocycles. The van der Waals surface area contributed by atoms with Gasteiger partial charge in [0.15, 0.2) is 0 Å². The van der Waals surface area contributed by atoms with Crippen LogP contribution in [0.4, 0.5) is 27.5 Å². The molecular weight excluding hydrogens is 437 g/mol. The second kappa shape index (κ2) is 12.3. The lowest BCUT2D eigenvalue weighted by molar-refractivity contribution is 0.392. The van der Waals surface area contributed by atoms with Crippen molar-refractivity contribution in [1.82, 2.24) is 9.97 Å². The third-order valence-corrected chi connectivity index (χ3v) is 6.83. The van der Waals surface area contributed by atoms with Crippen molar-refractivity contribution in [1.29, 1.82) is 5.26 Å². The van der Waals surface area contributed by atoms with Crippen molar-refractivity contribution < 1.29 is 4.39 Å². The van der Waals surface area contributed by atoms with Gasteiger partial charge in [0.2, 0.25) is 5.95 Å². The molecule has 0 saturated heterocycles. The highest BCUT2D eigenvalue weighted by molar-refractivity contribution is 5.60. The molecule has 1 aliphatic carbocycles. The summed E-state index contributed by atoms with van der Waals surface area (Å²) in [5.74, 6) is 1.96. The maximum absolute atomic E-state index is 15.2. The van der Waals surface area contributed by atoms with E-state index in [1.807, 2.05) is 36.4 Å². The van der Waals surface area contributed by atoms with Gasteiger partial charge in [0.05, 0.1) is 12.5 Å². The second-order valence-corrected chi connectivity index (χ2v) is 9.66. The van der Waals surface area contributed by atoms with Crippen LogP contribution in [0.25, 0.3) is 0 Å². The first-order valence-corrected chi connectivity index (χ1v) is 12.7. The maximum Gasteiger partial charge on any atom is 0.229 e. The third-order valence-electron chi connectivity index (χ3n) is 6.83. The van der Waals surface area contributed by atoms with Crippen LogP contribution in [-0.4, -0.2) is 9.97 Å². The van der Waals surface area contributed by atoms with Gasteiger partial charge in [-0.05, 0) is 66.1 Å². The predicted molar refractivity (Wildman–Crippen MR) is 140 cm³/mol. The number of benzene rings is 2. The van der Waals surface area contributed by atoms with Gasteiger partial charge >= 0.3 is 0 Å². The van der Waals surface area contributed by atoms with E-state index in [2.05, 4.69) is 33.6 Å². The van der Waals surface area contributed by atoms with Crippen LogP contribution in [-0.2, 0) is 6.42 Å². The van der Waals surface area contributed by atoms with Crippen molar-refractivity contribution >= 4 is 23.1 Å². The number of hydrogen-bond acceptors (Lipinski definition) is 5. The van der Waals surface area contributed by atoms with Gasteiger partial charge in [0.25, 0.3) is 0 Å². The molecule has 4 rings (SSSR count). The van der Waals surface area contributed by atoms with Crippen molar-refractivity contribution in [2.75, 3.05) is 10.6 Å². The number of halogens is 1. The number of nitrogens with zero attached hydrogens (tertiary/aromatic N) is 3. The molecular formula is C29H34FN5. The van der Waals surface area contributed by atoms with Crippen molar-refractivity contribution in [2.45, 2.75) is 70.6 Å². The van der Waals surface area contributed by atoms with E-state index in [1.54, 1.807) is 18.3 Å². The summed E-state index contributed by atoms with van der Waals surface area (Å²) >= 11 is 0. The molecule has 0 aliphatic heterocycles. The largest absolute Gasteiger partial charge is 0.340 e. The third kappa shape index (κ3) is 7.26. The minimum atomic E-state index is -0.158. The highest BCUT2D eigenvalue weighted by Crippen LogP contribution is 2.33. The minimum absolute atomic E-state index is 0.158. The molecule has 0 amide bonds. The van der Waals surface area contributed by atoms with E-state index in [-0.39, 0.29) is 11.7 Å². The van der Waals surface area contributed by atoms with Gasteiger partial charge in [-0.25, -0.2) is 9.37 Å². The number of rotatable bonds is 6. The van der Waals surface area contributed by atoms with Crippen LogP contribution in [0.1, 0.15) is 75.3 Å². The van der Waals surface area contributed by atoms with Crippen LogP contribution in [0, 0.1) is 23.1 Å². The quantitative estimate of drug-likeness (QED) is 0.381. The monoisotopic (exact) mass is 471 g/mol. The Morgan fingerprint density at radius 2 is 1.69 bits per heavy atom. The molecule has 0 atom stereocenters. The Balaban J connectivity index is 1.42. The Kier molecular flexibility index (Phi) is 8.67. The molecule has 3 aromatic rings. The summed E-state index contributed by atoms with van der Waals surface area (Å²) in [5, 5.41) is 15.3. The zero-order valence-corrected chi connectivity index (χ0v) is 20.4. The van der Waals surface area contributed by atoms with Gasteiger partial charge in [-0.3, -0.25) is 0 Å². The Labute approximate surface area is 207 Å². The highest BCUT2D eigenvalue weighted by Gasteiger charge is 2.18. The lowest BCUT2D eigenvalue weighted by atomic mass is 9.85. The molecule has 1 aromatic heterocycles. The standard InChI is InChI=1S/C29H34FN5/c1-21-7-2-4-10-23(11-5-3-8-21)26-14-13-25(20-27(26)30)34-29-32-18-16-28(35-29)33-24-12-6-9-22(19-24)15-17-31/h6,9,12-14,16,18-21,23H,2-5,7-8,10-11,15H2,1H3,(H2,32,33,34,35). The average molecular weight is 472 g/mol. The fourth-order valence-electron chi connectivity index (χ4n) is 4.92. The zero-order chi connectivity index (χ0) is 24.5. The molecule has 2 aromatic carbocycles. The summed E-state index contributed by atoms with van der Waals surface area (Å²) in [5.41, 5.74) is 3.24. The van der Waals surface area contributed by atoms with Gasteiger partial charge in [0, 0.05) is 17.6 Å². The molecule has 0 spiro atoms. The van der Waals surface area contributed by atoms with Gasteiger partial charge in [0.1, 0.15) is 11.6 Å². The number of anilines is 4. The van der Waals surface area contributed by atoms with E-state index >= 15 is 4.39 Å². The van der Waals surface area contributed by atoms with Gasteiger partial charge < -0.3 is 10.6 Å². The summed E-state index contributed by atoms with van der Waals surface area (Å²) in [6, 6.07) is 17.0. The summed E-state index contributed by atoms with van der Waals surface area (Å²) in [6.07, 6.45) is 11.5. The topological polar surface area (TPSA) is 73.6 Å². The summed E-state index contributed by atoms with van der Waals surface area (Å²) < 4.78 is 15.2. The summed E-state index contributed by atoms with van der Waals surface area (Å²) in [6.45, 7) is 2.36. The van der Waals surface area contributed by atoms with Crippen LogP contribution >= 0.6 is 0 Å². The van der Waals surface area contributed by atoms with E-state index in [0.717, 1.165) is 35.6 Å². The zero-order valence-electron chi connectivity index (χ0n) is 20.4. The highest BCUT2D eigenvalue weighted by atomic mass is 19.1. The van der Waals surface area contributed by atoms with Crippen LogP contribution in [0.2, 0.25) is 0 Å². The molecule has 0 radical (unpaired) electrons. The molecule has 5 nitrogen and oxygen atoms in total. The molecule has 6 heteroatoms. The van der Waals surface area contributed by atoms with Crippen molar-refractivity contribution in [3.05, 3.63) is 71.7 Å².